The summed E-state index contributed by atoms with van der Waals surface area (Å²) in [6, 6.07) is 5.37. The molecule has 0 aromatic heterocycles. The molecule has 0 saturated heterocycles. The first kappa shape index (κ1) is 11.2. The molecular formula is C12H11F3O. The highest BCUT2D eigenvalue weighted by Gasteiger charge is 2.30. The second-order valence-electron chi connectivity index (χ2n) is 3.70. The summed E-state index contributed by atoms with van der Waals surface area (Å²) in [5.41, 5.74) is 0.0401. The Kier molecular flexibility index (Phi) is 3.01. The molecule has 1 aromatic carbocycles. The molecule has 1 aromatic rings. The Balaban J connectivity index is 2.13. The van der Waals surface area contributed by atoms with Crippen LogP contribution in [0, 0.1) is 0 Å². The summed E-state index contributed by atoms with van der Waals surface area (Å²) in [5, 5.41) is 0. The van der Waals surface area contributed by atoms with Crippen molar-refractivity contribution in [2.24, 2.45) is 0 Å². The van der Waals surface area contributed by atoms with E-state index in [0.717, 1.165) is 6.07 Å². The van der Waals surface area contributed by atoms with E-state index in [2.05, 4.69) is 0 Å². The van der Waals surface area contributed by atoms with Crippen LogP contribution in [0.15, 0.2) is 36.4 Å². The number of benzene rings is 1. The molecule has 0 saturated carbocycles. The molecule has 0 radical (unpaired) electrons. The predicted octanol–water partition coefficient (Wildman–Crippen LogP) is 3.20. The van der Waals surface area contributed by atoms with Crippen LogP contribution in [0.5, 0.6) is 0 Å². The normalized spacial score (nSPS) is 20.3. The standard InChI is InChI=1S/C12H11F3O/c13-12(14,15)10-4-1-3-9(7-10)8-11-5-2-6-16-11/h1-5,7,11H,6,8H2/t11-/m1/s1. The van der Waals surface area contributed by atoms with Gasteiger partial charge in [-0.05, 0) is 11.6 Å². The molecule has 1 atom stereocenters. The Morgan fingerprint density at radius 1 is 1.31 bits per heavy atom. The molecule has 1 nitrogen and oxygen atoms in total. The van der Waals surface area contributed by atoms with Gasteiger partial charge in [0.1, 0.15) is 0 Å². The van der Waals surface area contributed by atoms with E-state index in [0.29, 0.717) is 18.6 Å². The van der Waals surface area contributed by atoms with Gasteiger partial charge in [-0.2, -0.15) is 13.2 Å². The van der Waals surface area contributed by atoms with Gasteiger partial charge in [0.25, 0.3) is 0 Å². The third kappa shape index (κ3) is 2.64. The van der Waals surface area contributed by atoms with Gasteiger partial charge in [-0.15, -0.1) is 0 Å². The number of rotatable bonds is 2. The summed E-state index contributed by atoms with van der Waals surface area (Å²) < 4.78 is 42.6. The maximum atomic E-state index is 12.4. The van der Waals surface area contributed by atoms with Crippen molar-refractivity contribution in [3.05, 3.63) is 47.5 Å². The Labute approximate surface area is 91.5 Å². The average Bonchev–Trinajstić information content (AvgIpc) is 2.70. The second kappa shape index (κ2) is 4.29. The minimum atomic E-state index is -4.28. The van der Waals surface area contributed by atoms with E-state index < -0.39 is 11.7 Å². The topological polar surface area (TPSA) is 9.23 Å². The largest absolute Gasteiger partial charge is 0.416 e. The highest BCUT2D eigenvalue weighted by atomic mass is 19.4. The van der Waals surface area contributed by atoms with Gasteiger partial charge in [-0.3, -0.25) is 0 Å². The Hall–Kier alpha value is -1.29. The van der Waals surface area contributed by atoms with Crippen molar-refractivity contribution >= 4 is 0 Å². The van der Waals surface area contributed by atoms with Crippen molar-refractivity contribution < 1.29 is 17.9 Å². The van der Waals surface area contributed by atoms with Crippen LogP contribution in [0.4, 0.5) is 13.2 Å². The first-order valence-electron chi connectivity index (χ1n) is 5.00. The molecule has 0 N–H and O–H groups in total. The van der Waals surface area contributed by atoms with Crippen LogP contribution in [-0.2, 0) is 17.3 Å². The zero-order valence-electron chi connectivity index (χ0n) is 8.50. The highest BCUT2D eigenvalue weighted by molar-refractivity contribution is 5.26. The third-order valence-electron chi connectivity index (χ3n) is 2.45. The molecule has 0 fully saturated rings. The molecule has 4 heteroatoms. The summed E-state index contributed by atoms with van der Waals surface area (Å²) in [6.07, 6.45) is -0.134. The predicted molar refractivity (Wildman–Crippen MR) is 54.0 cm³/mol. The quantitative estimate of drug-likeness (QED) is 0.706. The Morgan fingerprint density at radius 2 is 2.12 bits per heavy atom. The van der Waals surface area contributed by atoms with Crippen molar-refractivity contribution in [1.82, 2.24) is 0 Å². The monoisotopic (exact) mass is 228 g/mol. The second-order valence-corrected chi connectivity index (χ2v) is 3.70. The number of hydrogen-bond acceptors (Lipinski definition) is 1. The number of alkyl halides is 3. The first-order chi connectivity index (χ1) is 7.55. The van der Waals surface area contributed by atoms with Crippen LogP contribution in [-0.4, -0.2) is 12.7 Å². The van der Waals surface area contributed by atoms with Crippen molar-refractivity contribution in [1.29, 1.82) is 0 Å². The average molecular weight is 228 g/mol. The number of ether oxygens (including phenoxy) is 1. The highest BCUT2D eigenvalue weighted by Crippen LogP contribution is 2.29. The minimum Gasteiger partial charge on any atom is -0.370 e. The lowest BCUT2D eigenvalue weighted by molar-refractivity contribution is -0.137. The van der Waals surface area contributed by atoms with Crippen LogP contribution < -0.4 is 0 Å². The molecule has 0 unspecified atom stereocenters. The van der Waals surface area contributed by atoms with Crippen molar-refractivity contribution in [3.63, 3.8) is 0 Å². The van der Waals surface area contributed by atoms with Gasteiger partial charge in [0, 0.05) is 6.42 Å². The molecule has 86 valence electrons. The zero-order valence-corrected chi connectivity index (χ0v) is 8.50. The van der Waals surface area contributed by atoms with Crippen LogP contribution in [0.1, 0.15) is 11.1 Å². The van der Waals surface area contributed by atoms with Gasteiger partial charge in [0.15, 0.2) is 0 Å². The summed E-state index contributed by atoms with van der Waals surface area (Å²) in [4.78, 5) is 0. The smallest absolute Gasteiger partial charge is 0.370 e. The van der Waals surface area contributed by atoms with Gasteiger partial charge < -0.3 is 4.74 Å². The van der Waals surface area contributed by atoms with Crippen molar-refractivity contribution in [2.45, 2.75) is 18.7 Å². The zero-order chi connectivity index (χ0) is 11.6. The molecule has 1 aliphatic heterocycles. The van der Waals surface area contributed by atoms with Crippen molar-refractivity contribution in [3.8, 4) is 0 Å². The van der Waals surface area contributed by atoms with Gasteiger partial charge in [0.2, 0.25) is 0 Å². The molecule has 0 amide bonds. The lowest BCUT2D eigenvalue weighted by atomic mass is 10.0. The molecule has 0 spiro atoms. The molecule has 1 aliphatic rings. The molecule has 2 rings (SSSR count). The fourth-order valence-electron chi connectivity index (χ4n) is 1.68. The van der Waals surface area contributed by atoms with Crippen LogP contribution in [0.25, 0.3) is 0 Å². The van der Waals surface area contributed by atoms with E-state index in [9.17, 15) is 13.2 Å². The molecule has 1 heterocycles. The molecular weight excluding hydrogens is 217 g/mol. The summed E-state index contributed by atoms with van der Waals surface area (Å²) in [5.74, 6) is 0. The lowest BCUT2D eigenvalue weighted by Gasteiger charge is -2.11. The van der Waals surface area contributed by atoms with E-state index in [1.54, 1.807) is 6.07 Å². The van der Waals surface area contributed by atoms with E-state index in [4.69, 9.17) is 4.74 Å². The lowest BCUT2D eigenvalue weighted by Crippen LogP contribution is -2.10. The molecule has 0 aliphatic carbocycles. The number of hydrogen-bond donors (Lipinski definition) is 0. The maximum absolute atomic E-state index is 12.4. The van der Waals surface area contributed by atoms with Crippen molar-refractivity contribution in [2.75, 3.05) is 6.61 Å². The van der Waals surface area contributed by atoms with E-state index in [-0.39, 0.29) is 6.10 Å². The fourth-order valence-corrected chi connectivity index (χ4v) is 1.68. The SMILES string of the molecule is FC(F)(F)c1cccc(C[C@H]2C=CCO2)c1. The van der Waals surface area contributed by atoms with E-state index in [1.165, 1.54) is 12.1 Å². The van der Waals surface area contributed by atoms with Gasteiger partial charge in [-0.25, -0.2) is 0 Å². The van der Waals surface area contributed by atoms with Gasteiger partial charge in [0.05, 0.1) is 18.3 Å². The summed E-state index contributed by atoms with van der Waals surface area (Å²) in [7, 11) is 0. The number of halogens is 3. The van der Waals surface area contributed by atoms with Gasteiger partial charge >= 0.3 is 6.18 Å². The summed E-state index contributed by atoms with van der Waals surface area (Å²) in [6.45, 7) is 0.545. The Morgan fingerprint density at radius 3 is 2.75 bits per heavy atom. The maximum Gasteiger partial charge on any atom is 0.416 e. The van der Waals surface area contributed by atoms with Crippen LogP contribution in [0.2, 0.25) is 0 Å². The van der Waals surface area contributed by atoms with Crippen LogP contribution in [0.3, 0.4) is 0 Å². The van der Waals surface area contributed by atoms with Crippen LogP contribution >= 0.6 is 0 Å². The van der Waals surface area contributed by atoms with E-state index in [1.807, 2.05) is 12.2 Å². The third-order valence-corrected chi connectivity index (χ3v) is 2.45. The fraction of sp³-hybridized carbons (Fsp3) is 0.333. The summed E-state index contributed by atoms with van der Waals surface area (Å²) >= 11 is 0. The van der Waals surface area contributed by atoms with E-state index >= 15 is 0 Å². The molecule has 0 bridgehead atoms. The molecule has 16 heavy (non-hydrogen) atoms. The Bertz CT molecular complexity index is 395. The van der Waals surface area contributed by atoms with Gasteiger partial charge in [-0.1, -0.05) is 30.4 Å². The first-order valence-corrected chi connectivity index (χ1v) is 5.00. The minimum absolute atomic E-state index is 0.0940.